The Morgan fingerprint density at radius 2 is 2.14 bits per heavy atom. The van der Waals surface area contributed by atoms with E-state index in [9.17, 15) is 19.5 Å². The molecule has 0 unspecified atom stereocenters. The molecule has 3 N–H and O–H groups in total. The highest BCUT2D eigenvalue weighted by Crippen LogP contribution is 2.34. The number of nitrogens with two attached hydrogens (primary N) is 1. The minimum absolute atomic E-state index is 0.00285. The molecule has 1 atom stereocenters. The predicted molar refractivity (Wildman–Crippen MR) is 105 cm³/mol. The average molecular weight is 396 g/mol. The quantitative estimate of drug-likeness (QED) is 0.648. The van der Waals surface area contributed by atoms with E-state index >= 15 is 0 Å². The second-order valence-electron chi connectivity index (χ2n) is 7.11. The number of carbonyl (C=O) groups excluding carboxylic acids is 1. The summed E-state index contributed by atoms with van der Waals surface area (Å²) < 4.78 is 12.3. The Labute approximate surface area is 165 Å². The Hall–Kier alpha value is -3.39. The molecule has 8 nitrogen and oxygen atoms in total. The van der Waals surface area contributed by atoms with Crippen LogP contribution in [0.15, 0.2) is 44.3 Å². The van der Waals surface area contributed by atoms with Crippen molar-refractivity contribution in [2.45, 2.75) is 31.9 Å². The Morgan fingerprint density at radius 3 is 2.86 bits per heavy atom. The number of aryl methyl sites for hydroxylation is 2. The summed E-state index contributed by atoms with van der Waals surface area (Å²) in [6.07, 6.45) is 0.438. The molecule has 2 aromatic heterocycles. The minimum Gasteiger partial charge on any atom is -0.502 e. The molecule has 0 bridgehead atoms. The van der Waals surface area contributed by atoms with Gasteiger partial charge in [0.05, 0.1) is 11.4 Å². The number of aromatic nitrogens is 1. The molecule has 1 aliphatic rings. The lowest BCUT2D eigenvalue weighted by molar-refractivity contribution is -0.118. The Morgan fingerprint density at radius 1 is 1.34 bits per heavy atom. The molecule has 29 heavy (non-hydrogen) atoms. The summed E-state index contributed by atoms with van der Waals surface area (Å²) in [7, 11) is 1.43. The molecule has 0 saturated heterocycles. The Balaban J connectivity index is 1.98. The van der Waals surface area contributed by atoms with Crippen molar-refractivity contribution in [3.63, 3.8) is 0 Å². The third-order valence-electron chi connectivity index (χ3n) is 5.21. The molecule has 1 amide bonds. The number of carbonyl (C=O) groups is 1. The van der Waals surface area contributed by atoms with E-state index in [2.05, 4.69) is 0 Å². The predicted octanol–water partition coefficient (Wildman–Crippen LogP) is 1.37. The Bertz CT molecular complexity index is 1240. The molecule has 4 rings (SSSR count). The fraction of sp³-hybridized carbons (Fsp3) is 0.286. The topological polar surface area (TPSA) is 125 Å². The molecule has 0 aliphatic carbocycles. The maximum Gasteiger partial charge on any atom is 0.255 e. The summed E-state index contributed by atoms with van der Waals surface area (Å²) in [5.74, 6) is -2.33. The number of ether oxygens (including phenoxy) is 1. The number of methoxy groups -OCH3 is 1. The van der Waals surface area contributed by atoms with Crippen LogP contribution in [0, 0.1) is 0 Å². The van der Waals surface area contributed by atoms with Crippen molar-refractivity contribution < 1.29 is 19.1 Å². The fourth-order valence-electron chi connectivity index (χ4n) is 3.99. The number of hydrogen-bond acceptors (Lipinski definition) is 6. The van der Waals surface area contributed by atoms with Gasteiger partial charge in [-0.3, -0.25) is 14.4 Å². The molecule has 1 aliphatic heterocycles. The monoisotopic (exact) mass is 396 g/mol. The van der Waals surface area contributed by atoms with Gasteiger partial charge in [0.1, 0.15) is 12.4 Å². The third kappa shape index (κ3) is 3.21. The van der Waals surface area contributed by atoms with Crippen molar-refractivity contribution in [1.29, 1.82) is 0 Å². The zero-order valence-electron chi connectivity index (χ0n) is 15.8. The van der Waals surface area contributed by atoms with Gasteiger partial charge < -0.3 is 24.6 Å². The average Bonchev–Trinajstić information content (AvgIpc) is 3.12. The highest BCUT2D eigenvalue weighted by molar-refractivity contribution is 5.84. The largest absolute Gasteiger partial charge is 0.502 e. The van der Waals surface area contributed by atoms with Gasteiger partial charge in [0.2, 0.25) is 17.1 Å². The summed E-state index contributed by atoms with van der Waals surface area (Å²) >= 11 is 0. The molecule has 0 radical (unpaired) electrons. The van der Waals surface area contributed by atoms with E-state index in [1.54, 1.807) is 10.6 Å². The van der Waals surface area contributed by atoms with Gasteiger partial charge in [-0.05, 0) is 23.4 Å². The number of nitrogens with zero attached hydrogens (tertiary/aromatic N) is 1. The summed E-state index contributed by atoms with van der Waals surface area (Å²) in [6.45, 7) is 0.516. The highest BCUT2D eigenvalue weighted by Gasteiger charge is 2.30. The standard InChI is InChI=1S/C21H20N2O6/c1-28-10-13-8-16(24)19(26)20(29-13)14(9-17(22)25)15-7-12-4-2-3-11-5-6-23(18(11)12)21(15)27/h2-4,7-8,14,26H,5-6,9-10H2,1H3,(H2,22,25)/t14-/m0/s1. The zero-order valence-corrected chi connectivity index (χ0v) is 15.8. The van der Waals surface area contributed by atoms with Crippen LogP contribution in [0.1, 0.15) is 35.0 Å². The van der Waals surface area contributed by atoms with E-state index in [0.29, 0.717) is 6.54 Å². The van der Waals surface area contributed by atoms with Gasteiger partial charge in [0.25, 0.3) is 5.56 Å². The first-order chi connectivity index (χ1) is 13.9. The van der Waals surface area contributed by atoms with Crippen LogP contribution in [0.3, 0.4) is 0 Å². The molecule has 0 spiro atoms. The summed E-state index contributed by atoms with van der Waals surface area (Å²) in [4.78, 5) is 37.2. The van der Waals surface area contributed by atoms with Crippen LogP contribution < -0.4 is 16.7 Å². The van der Waals surface area contributed by atoms with Crippen molar-refractivity contribution in [3.8, 4) is 5.75 Å². The van der Waals surface area contributed by atoms with Gasteiger partial charge in [-0.15, -0.1) is 0 Å². The van der Waals surface area contributed by atoms with Crippen molar-refractivity contribution in [2.75, 3.05) is 7.11 Å². The SMILES string of the molecule is COCc1cc(=O)c(O)c([C@@H](CC(N)=O)c2cc3cccc4c3n(c2=O)CC4)o1. The number of amides is 1. The third-order valence-corrected chi connectivity index (χ3v) is 5.21. The van der Waals surface area contributed by atoms with Crippen molar-refractivity contribution in [3.05, 3.63) is 73.6 Å². The smallest absolute Gasteiger partial charge is 0.255 e. The van der Waals surface area contributed by atoms with Crippen LogP contribution >= 0.6 is 0 Å². The van der Waals surface area contributed by atoms with E-state index in [1.165, 1.54) is 7.11 Å². The summed E-state index contributed by atoms with van der Waals surface area (Å²) in [6, 6.07) is 8.55. The normalized spacial score (nSPS) is 13.7. The maximum absolute atomic E-state index is 13.2. The van der Waals surface area contributed by atoms with Crippen molar-refractivity contribution in [1.82, 2.24) is 4.57 Å². The number of aromatic hydroxyl groups is 1. The molecule has 3 aromatic rings. The van der Waals surface area contributed by atoms with Crippen LogP contribution in [0.4, 0.5) is 0 Å². The van der Waals surface area contributed by atoms with E-state index in [-0.39, 0.29) is 35.7 Å². The van der Waals surface area contributed by atoms with Gasteiger partial charge in [-0.25, -0.2) is 0 Å². The summed E-state index contributed by atoms with van der Waals surface area (Å²) in [5, 5.41) is 11.2. The second kappa shape index (κ2) is 7.21. The van der Waals surface area contributed by atoms with Gasteiger partial charge >= 0.3 is 0 Å². The van der Waals surface area contributed by atoms with Crippen molar-refractivity contribution in [2.24, 2.45) is 5.73 Å². The lowest BCUT2D eigenvalue weighted by Crippen LogP contribution is -2.27. The first-order valence-electron chi connectivity index (χ1n) is 9.19. The second-order valence-corrected chi connectivity index (χ2v) is 7.11. The highest BCUT2D eigenvalue weighted by atomic mass is 16.5. The number of rotatable bonds is 6. The van der Waals surface area contributed by atoms with Crippen LogP contribution in [0.25, 0.3) is 10.9 Å². The molecular weight excluding hydrogens is 376 g/mol. The lowest BCUT2D eigenvalue weighted by atomic mass is 9.91. The van der Waals surface area contributed by atoms with E-state index in [1.807, 2.05) is 18.2 Å². The number of primary amides is 1. The zero-order chi connectivity index (χ0) is 20.7. The van der Waals surface area contributed by atoms with Gasteiger partial charge in [-0.1, -0.05) is 18.2 Å². The molecule has 3 heterocycles. The van der Waals surface area contributed by atoms with Gasteiger partial charge in [-0.2, -0.15) is 0 Å². The first kappa shape index (κ1) is 18.9. The maximum atomic E-state index is 13.2. The Kier molecular flexibility index (Phi) is 4.71. The lowest BCUT2D eigenvalue weighted by Gasteiger charge is -2.18. The van der Waals surface area contributed by atoms with Crippen LogP contribution in [0.2, 0.25) is 0 Å². The number of para-hydroxylation sites is 1. The molecule has 8 heteroatoms. The van der Waals surface area contributed by atoms with Crippen LogP contribution in [-0.4, -0.2) is 22.7 Å². The van der Waals surface area contributed by atoms with Crippen LogP contribution in [0.5, 0.6) is 5.75 Å². The number of benzene rings is 1. The van der Waals surface area contributed by atoms with E-state index < -0.39 is 23.0 Å². The first-order valence-corrected chi connectivity index (χ1v) is 9.19. The molecule has 1 aromatic carbocycles. The van der Waals surface area contributed by atoms with Gasteiger partial charge in [0.15, 0.2) is 5.76 Å². The van der Waals surface area contributed by atoms with Crippen LogP contribution in [-0.2, 0) is 29.1 Å². The van der Waals surface area contributed by atoms with E-state index in [0.717, 1.165) is 29.0 Å². The molecule has 0 saturated carbocycles. The molecule has 150 valence electrons. The number of pyridine rings is 1. The fourth-order valence-corrected chi connectivity index (χ4v) is 3.99. The molecular formula is C21H20N2O6. The van der Waals surface area contributed by atoms with Crippen molar-refractivity contribution >= 4 is 16.8 Å². The van der Waals surface area contributed by atoms with Gasteiger partial charge in [0, 0.05) is 31.7 Å². The molecule has 0 fully saturated rings. The number of hydrogen-bond donors (Lipinski definition) is 2. The minimum atomic E-state index is -0.998. The summed E-state index contributed by atoms with van der Waals surface area (Å²) in [5.41, 5.74) is 6.62. The van der Waals surface area contributed by atoms with E-state index in [4.69, 9.17) is 14.9 Å².